The number of amides is 1. The van der Waals surface area contributed by atoms with Gasteiger partial charge in [-0.3, -0.25) is 14.9 Å². The van der Waals surface area contributed by atoms with Gasteiger partial charge in [-0.25, -0.2) is 4.39 Å². The second kappa shape index (κ2) is 7.87. The van der Waals surface area contributed by atoms with Crippen molar-refractivity contribution in [1.82, 2.24) is 0 Å². The second-order valence-electron chi connectivity index (χ2n) is 6.13. The van der Waals surface area contributed by atoms with Crippen molar-refractivity contribution in [3.63, 3.8) is 0 Å². The summed E-state index contributed by atoms with van der Waals surface area (Å²) in [6.45, 7) is 1.90. The highest BCUT2D eigenvalue weighted by Crippen LogP contribution is 2.33. The van der Waals surface area contributed by atoms with Gasteiger partial charge in [0.15, 0.2) is 11.6 Å². The van der Waals surface area contributed by atoms with Gasteiger partial charge in [-0.1, -0.05) is 48.0 Å². The van der Waals surface area contributed by atoms with Crippen molar-refractivity contribution in [3.05, 3.63) is 87.7 Å². The lowest BCUT2D eigenvalue weighted by Crippen LogP contribution is -2.15. The van der Waals surface area contributed by atoms with Crippen LogP contribution in [0.3, 0.4) is 0 Å². The summed E-state index contributed by atoms with van der Waals surface area (Å²) in [5.41, 5.74) is 2.07. The summed E-state index contributed by atoms with van der Waals surface area (Å²) in [5.74, 6) is -1.62. The van der Waals surface area contributed by atoms with Crippen LogP contribution >= 0.6 is 0 Å². The lowest BCUT2D eigenvalue weighted by atomic mass is 9.97. The predicted molar refractivity (Wildman–Crippen MR) is 104 cm³/mol. The fraction of sp³-hybridized carbons (Fsp3) is 0.0952. The Morgan fingerprint density at radius 3 is 2.46 bits per heavy atom. The van der Waals surface area contributed by atoms with E-state index in [1.54, 1.807) is 12.1 Å². The van der Waals surface area contributed by atoms with Gasteiger partial charge in [-0.05, 0) is 24.1 Å². The van der Waals surface area contributed by atoms with Gasteiger partial charge in [0, 0.05) is 17.7 Å². The van der Waals surface area contributed by atoms with Crippen LogP contribution in [0.2, 0.25) is 0 Å². The normalized spacial score (nSPS) is 10.4. The van der Waals surface area contributed by atoms with E-state index in [9.17, 15) is 19.3 Å². The summed E-state index contributed by atoms with van der Waals surface area (Å²) in [6, 6.07) is 16.4. The quantitative estimate of drug-likeness (QED) is 0.500. The van der Waals surface area contributed by atoms with Gasteiger partial charge >= 0.3 is 5.69 Å². The van der Waals surface area contributed by atoms with Gasteiger partial charge in [0.1, 0.15) is 0 Å². The van der Waals surface area contributed by atoms with E-state index >= 15 is 0 Å². The highest BCUT2D eigenvalue weighted by molar-refractivity contribution is 6.09. The predicted octanol–water partition coefficient (Wildman–Crippen LogP) is 4.97. The van der Waals surface area contributed by atoms with Crippen LogP contribution in [0.15, 0.2) is 60.7 Å². The molecule has 0 radical (unpaired) electrons. The standard InChI is InChI=1S/C21H17FN2O4/c1-13-8-9-15(16(10-13)14-6-4-3-5-7-14)21(25)23-18-12-19(24(26)27)20(28-2)11-17(18)22/h3-12H,1-2H3,(H,23,25). The SMILES string of the molecule is COc1cc(F)c(NC(=O)c2ccc(C)cc2-c2ccccc2)cc1[N+](=O)[O-]. The van der Waals surface area contributed by atoms with Crippen molar-refractivity contribution < 1.29 is 18.8 Å². The first kappa shape index (κ1) is 19.0. The van der Waals surface area contributed by atoms with E-state index in [2.05, 4.69) is 5.32 Å². The van der Waals surface area contributed by atoms with E-state index in [-0.39, 0.29) is 11.4 Å². The summed E-state index contributed by atoms with van der Waals surface area (Å²) in [6.07, 6.45) is 0. The molecule has 1 amide bonds. The molecule has 3 rings (SSSR count). The van der Waals surface area contributed by atoms with E-state index in [1.165, 1.54) is 7.11 Å². The molecule has 0 aliphatic heterocycles. The van der Waals surface area contributed by atoms with E-state index in [0.717, 1.165) is 23.3 Å². The zero-order valence-corrected chi connectivity index (χ0v) is 15.2. The number of benzene rings is 3. The molecule has 0 atom stereocenters. The molecule has 6 nitrogen and oxygen atoms in total. The van der Waals surface area contributed by atoms with Crippen LogP contribution < -0.4 is 10.1 Å². The van der Waals surface area contributed by atoms with Crippen LogP contribution in [0.1, 0.15) is 15.9 Å². The van der Waals surface area contributed by atoms with E-state index in [0.29, 0.717) is 11.1 Å². The van der Waals surface area contributed by atoms with Crippen molar-refractivity contribution >= 4 is 17.3 Å². The minimum Gasteiger partial charge on any atom is -0.490 e. The molecule has 0 bridgehead atoms. The van der Waals surface area contributed by atoms with Crippen LogP contribution in [0, 0.1) is 22.9 Å². The zero-order chi connectivity index (χ0) is 20.3. The average Bonchev–Trinajstić information content (AvgIpc) is 2.69. The topological polar surface area (TPSA) is 81.5 Å². The van der Waals surface area contributed by atoms with Crippen molar-refractivity contribution in [2.75, 3.05) is 12.4 Å². The zero-order valence-electron chi connectivity index (χ0n) is 15.2. The number of nitro benzene ring substituents is 1. The number of carbonyl (C=O) groups is 1. The molecule has 0 heterocycles. The molecule has 0 aromatic heterocycles. The number of hydrogen-bond acceptors (Lipinski definition) is 4. The molecular formula is C21H17FN2O4. The minimum atomic E-state index is -0.829. The van der Waals surface area contributed by atoms with Crippen molar-refractivity contribution in [3.8, 4) is 16.9 Å². The van der Waals surface area contributed by atoms with E-state index in [1.807, 2.05) is 43.3 Å². The molecule has 0 aliphatic carbocycles. The molecule has 0 unspecified atom stereocenters. The maximum absolute atomic E-state index is 14.3. The summed E-state index contributed by atoms with van der Waals surface area (Å²) in [5, 5.41) is 13.6. The highest BCUT2D eigenvalue weighted by atomic mass is 19.1. The Morgan fingerprint density at radius 1 is 1.11 bits per heavy atom. The Balaban J connectivity index is 2.01. The number of nitrogens with one attached hydrogen (secondary N) is 1. The van der Waals surface area contributed by atoms with Gasteiger partial charge in [0.2, 0.25) is 0 Å². The van der Waals surface area contributed by atoms with Crippen LogP contribution in [0.4, 0.5) is 15.8 Å². The molecule has 3 aromatic carbocycles. The molecule has 0 aliphatic rings. The number of hydrogen-bond donors (Lipinski definition) is 1. The number of ether oxygens (including phenoxy) is 1. The maximum atomic E-state index is 14.3. The molecule has 0 saturated carbocycles. The third-order valence-electron chi connectivity index (χ3n) is 4.22. The third-order valence-corrected chi connectivity index (χ3v) is 4.22. The van der Waals surface area contributed by atoms with Crippen LogP contribution in [-0.2, 0) is 0 Å². The molecule has 0 fully saturated rings. The summed E-state index contributed by atoms with van der Waals surface area (Å²) in [7, 11) is 1.21. The molecule has 3 aromatic rings. The number of nitrogens with zero attached hydrogens (tertiary/aromatic N) is 1. The summed E-state index contributed by atoms with van der Waals surface area (Å²) < 4.78 is 19.2. The third kappa shape index (κ3) is 3.83. The summed E-state index contributed by atoms with van der Waals surface area (Å²) in [4.78, 5) is 23.3. The molecular weight excluding hydrogens is 363 g/mol. The number of aryl methyl sites for hydroxylation is 1. The van der Waals surface area contributed by atoms with Crippen LogP contribution in [0.5, 0.6) is 5.75 Å². The fourth-order valence-corrected chi connectivity index (χ4v) is 2.85. The van der Waals surface area contributed by atoms with Crippen LogP contribution in [-0.4, -0.2) is 17.9 Å². The number of halogens is 1. The van der Waals surface area contributed by atoms with Gasteiger partial charge in [0.25, 0.3) is 5.91 Å². The van der Waals surface area contributed by atoms with Crippen molar-refractivity contribution in [1.29, 1.82) is 0 Å². The first-order valence-corrected chi connectivity index (χ1v) is 8.40. The Bertz CT molecular complexity index is 1050. The van der Waals surface area contributed by atoms with Crippen LogP contribution in [0.25, 0.3) is 11.1 Å². The molecule has 0 saturated heterocycles. The molecule has 7 heteroatoms. The van der Waals surface area contributed by atoms with Gasteiger partial charge in [-0.15, -0.1) is 0 Å². The van der Waals surface area contributed by atoms with Crippen molar-refractivity contribution in [2.24, 2.45) is 0 Å². The van der Waals surface area contributed by atoms with Gasteiger partial charge in [0.05, 0.1) is 17.7 Å². The largest absolute Gasteiger partial charge is 0.490 e. The average molecular weight is 380 g/mol. The number of methoxy groups -OCH3 is 1. The number of anilines is 1. The Morgan fingerprint density at radius 2 is 1.82 bits per heavy atom. The fourth-order valence-electron chi connectivity index (χ4n) is 2.85. The van der Waals surface area contributed by atoms with E-state index < -0.39 is 22.3 Å². The lowest BCUT2D eigenvalue weighted by Gasteiger charge is -2.13. The first-order valence-electron chi connectivity index (χ1n) is 8.40. The molecule has 142 valence electrons. The minimum absolute atomic E-state index is 0.221. The number of rotatable bonds is 5. The van der Waals surface area contributed by atoms with Gasteiger partial charge < -0.3 is 10.1 Å². The first-order chi connectivity index (χ1) is 13.4. The van der Waals surface area contributed by atoms with Crippen molar-refractivity contribution in [2.45, 2.75) is 6.92 Å². The molecule has 28 heavy (non-hydrogen) atoms. The van der Waals surface area contributed by atoms with E-state index in [4.69, 9.17) is 4.74 Å². The maximum Gasteiger partial charge on any atom is 0.313 e. The summed E-state index contributed by atoms with van der Waals surface area (Å²) >= 11 is 0. The number of carbonyl (C=O) groups excluding carboxylic acids is 1. The Hall–Kier alpha value is -3.74. The number of nitro groups is 1. The van der Waals surface area contributed by atoms with Gasteiger partial charge in [-0.2, -0.15) is 0 Å². The lowest BCUT2D eigenvalue weighted by molar-refractivity contribution is -0.385. The monoisotopic (exact) mass is 380 g/mol. The Labute approximate surface area is 160 Å². The highest BCUT2D eigenvalue weighted by Gasteiger charge is 2.21. The Kier molecular flexibility index (Phi) is 5.35. The molecule has 1 N–H and O–H groups in total. The second-order valence-corrected chi connectivity index (χ2v) is 6.13. The smallest absolute Gasteiger partial charge is 0.313 e. The molecule has 0 spiro atoms.